The number of para-hydroxylation sites is 2. The van der Waals surface area contributed by atoms with Crippen LogP contribution >= 0.6 is 11.6 Å². The molecule has 0 aromatic heterocycles. The Morgan fingerprint density at radius 1 is 0.857 bits per heavy atom. The van der Waals surface area contributed by atoms with E-state index in [2.05, 4.69) is 10.6 Å². The molecule has 0 spiro atoms. The Hall–Kier alpha value is -3.44. The van der Waals surface area contributed by atoms with E-state index in [1.165, 1.54) is 0 Å². The van der Waals surface area contributed by atoms with Gasteiger partial charge in [-0.3, -0.25) is 4.79 Å². The first kappa shape index (κ1) is 23.3. The van der Waals surface area contributed by atoms with E-state index in [1.54, 1.807) is 0 Å². The first-order valence-electron chi connectivity index (χ1n) is 12.1. The molecule has 3 aromatic carbocycles. The number of nitrogens with one attached hydrogen (secondary N) is 2. The number of rotatable bonds is 6. The lowest BCUT2D eigenvalue weighted by Gasteiger charge is -2.30. The topological polar surface area (TPSA) is 59.6 Å². The molecule has 0 fully saturated rings. The number of ether oxygens (including phenoxy) is 2. The average molecular weight is 489 g/mol. The molecule has 6 heteroatoms. The molecule has 0 saturated heterocycles. The van der Waals surface area contributed by atoms with Gasteiger partial charge in [-0.25, -0.2) is 0 Å². The molecule has 0 bridgehead atoms. The zero-order chi connectivity index (χ0) is 24.4. The first-order valence-corrected chi connectivity index (χ1v) is 12.5. The highest BCUT2D eigenvalue weighted by Gasteiger charge is 2.36. The van der Waals surface area contributed by atoms with Gasteiger partial charge in [0.2, 0.25) is 0 Å². The van der Waals surface area contributed by atoms with Gasteiger partial charge < -0.3 is 20.1 Å². The third kappa shape index (κ3) is 4.73. The molecule has 3 aromatic rings. The Kier molecular flexibility index (Phi) is 6.69. The van der Waals surface area contributed by atoms with Crippen LogP contribution in [-0.4, -0.2) is 19.0 Å². The van der Waals surface area contributed by atoms with Crippen molar-refractivity contribution < 1.29 is 14.3 Å². The van der Waals surface area contributed by atoms with Crippen molar-refractivity contribution >= 4 is 28.8 Å². The van der Waals surface area contributed by atoms with Gasteiger partial charge in [0.1, 0.15) is 0 Å². The van der Waals surface area contributed by atoms with Crippen molar-refractivity contribution in [1.29, 1.82) is 0 Å². The first-order chi connectivity index (χ1) is 17.1. The van der Waals surface area contributed by atoms with E-state index < -0.39 is 0 Å². The highest BCUT2D eigenvalue weighted by atomic mass is 35.5. The Bertz CT molecular complexity index is 1270. The minimum absolute atomic E-state index is 0.0937. The van der Waals surface area contributed by atoms with E-state index in [9.17, 15) is 4.79 Å². The van der Waals surface area contributed by atoms with Crippen LogP contribution in [0.5, 0.6) is 11.5 Å². The molecule has 2 N–H and O–H groups in total. The van der Waals surface area contributed by atoms with Crippen molar-refractivity contribution in [3.8, 4) is 11.5 Å². The summed E-state index contributed by atoms with van der Waals surface area (Å²) in [5.74, 6) is 1.62. The summed E-state index contributed by atoms with van der Waals surface area (Å²) >= 11 is 6.10. The predicted molar refractivity (Wildman–Crippen MR) is 141 cm³/mol. The van der Waals surface area contributed by atoms with Crippen molar-refractivity contribution in [3.05, 3.63) is 94.1 Å². The molecule has 5 nitrogen and oxygen atoms in total. The predicted octanol–water partition coefficient (Wildman–Crippen LogP) is 7.12. The molecule has 1 aliphatic carbocycles. The van der Waals surface area contributed by atoms with Crippen LogP contribution in [-0.2, 0) is 4.79 Å². The van der Waals surface area contributed by atoms with E-state index in [0.717, 1.165) is 40.2 Å². The van der Waals surface area contributed by atoms with Gasteiger partial charge in [0.05, 0.1) is 30.6 Å². The van der Waals surface area contributed by atoms with Crippen molar-refractivity contribution in [2.75, 3.05) is 23.8 Å². The van der Waals surface area contributed by atoms with Crippen molar-refractivity contribution in [2.24, 2.45) is 0 Å². The van der Waals surface area contributed by atoms with Crippen molar-refractivity contribution in [1.82, 2.24) is 0 Å². The molecule has 0 radical (unpaired) electrons. The summed E-state index contributed by atoms with van der Waals surface area (Å²) in [6, 6.07) is 21.5. The Balaban J connectivity index is 1.59. The number of carbonyl (C=O) groups excluding carboxylic acids is 1. The van der Waals surface area contributed by atoms with Crippen LogP contribution in [0.25, 0.3) is 0 Å². The van der Waals surface area contributed by atoms with E-state index in [0.29, 0.717) is 36.2 Å². The fraction of sp³-hybridized carbons (Fsp3) is 0.276. The molecule has 2 unspecified atom stereocenters. The molecule has 180 valence electrons. The number of allylic oxidation sites excluding steroid dienone is 1. The van der Waals surface area contributed by atoms with Crippen LogP contribution in [0.4, 0.5) is 11.4 Å². The normalized spacial score (nSPS) is 19.1. The molecule has 0 amide bonds. The number of halogens is 1. The molecule has 1 aliphatic heterocycles. The summed E-state index contributed by atoms with van der Waals surface area (Å²) in [6.45, 7) is 4.99. The second kappa shape index (κ2) is 10.0. The number of fused-ring (bicyclic) bond motifs is 1. The summed E-state index contributed by atoms with van der Waals surface area (Å²) in [7, 11) is 0. The minimum Gasteiger partial charge on any atom is -0.490 e. The fourth-order valence-corrected chi connectivity index (χ4v) is 5.09. The SMILES string of the molecule is CCOc1ccc(C2Nc3ccccc3NC3=C2C(=O)CC(c2ccc(Cl)cc2)C3)cc1OCC. The number of carbonyl (C=O) groups is 1. The molecule has 2 aliphatic rings. The van der Waals surface area contributed by atoms with Crippen LogP contribution in [0.3, 0.4) is 0 Å². The van der Waals surface area contributed by atoms with Crippen LogP contribution < -0.4 is 20.1 Å². The van der Waals surface area contributed by atoms with E-state index in [4.69, 9.17) is 21.1 Å². The monoisotopic (exact) mass is 488 g/mol. The number of Topliss-reactive ketones (excluding diaryl/α,β-unsaturated/α-hetero) is 1. The molecular formula is C29H29ClN2O3. The summed E-state index contributed by atoms with van der Waals surface area (Å²) < 4.78 is 11.7. The smallest absolute Gasteiger partial charge is 0.163 e. The number of hydrogen-bond acceptors (Lipinski definition) is 5. The van der Waals surface area contributed by atoms with Gasteiger partial charge in [0.25, 0.3) is 0 Å². The lowest BCUT2D eigenvalue weighted by molar-refractivity contribution is -0.116. The molecule has 0 saturated carbocycles. The lowest BCUT2D eigenvalue weighted by atomic mass is 9.78. The summed E-state index contributed by atoms with van der Waals surface area (Å²) in [5, 5.41) is 7.92. The number of benzene rings is 3. The third-order valence-electron chi connectivity index (χ3n) is 6.55. The second-order valence-corrected chi connectivity index (χ2v) is 9.23. The molecule has 2 atom stereocenters. The van der Waals surface area contributed by atoms with Gasteiger partial charge in [0, 0.05) is 22.7 Å². The lowest BCUT2D eigenvalue weighted by Crippen LogP contribution is -2.27. The second-order valence-electron chi connectivity index (χ2n) is 8.79. The summed E-state index contributed by atoms with van der Waals surface area (Å²) in [6.07, 6.45) is 1.19. The minimum atomic E-state index is -0.310. The molecule has 35 heavy (non-hydrogen) atoms. The fourth-order valence-electron chi connectivity index (χ4n) is 4.96. The number of ketones is 1. The van der Waals surface area contributed by atoms with Crippen molar-refractivity contribution in [2.45, 2.75) is 38.6 Å². The van der Waals surface area contributed by atoms with Crippen LogP contribution in [0.15, 0.2) is 78.0 Å². The maximum absolute atomic E-state index is 13.7. The van der Waals surface area contributed by atoms with Crippen LogP contribution in [0.2, 0.25) is 5.02 Å². The van der Waals surface area contributed by atoms with Crippen LogP contribution in [0.1, 0.15) is 49.8 Å². The summed E-state index contributed by atoms with van der Waals surface area (Å²) in [4.78, 5) is 13.7. The Morgan fingerprint density at radius 3 is 2.29 bits per heavy atom. The maximum Gasteiger partial charge on any atom is 0.163 e. The van der Waals surface area contributed by atoms with E-state index in [1.807, 2.05) is 80.6 Å². The molecule has 5 rings (SSSR count). The van der Waals surface area contributed by atoms with Crippen LogP contribution in [0, 0.1) is 0 Å². The maximum atomic E-state index is 13.7. The number of anilines is 2. The highest BCUT2D eigenvalue weighted by molar-refractivity contribution is 6.30. The van der Waals surface area contributed by atoms with E-state index in [-0.39, 0.29) is 17.7 Å². The van der Waals surface area contributed by atoms with Gasteiger partial charge in [-0.05, 0) is 73.7 Å². The third-order valence-corrected chi connectivity index (χ3v) is 6.80. The largest absolute Gasteiger partial charge is 0.490 e. The van der Waals surface area contributed by atoms with Gasteiger partial charge in [-0.15, -0.1) is 0 Å². The zero-order valence-electron chi connectivity index (χ0n) is 19.9. The van der Waals surface area contributed by atoms with E-state index >= 15 is 0 Å². The summed E-state index contributed by atoms with van der Waals surface area (Å²) in [5.41, 5.74) is 5.73. The average Bonchev–Trinajstić information content (AvgIpc) is 3.03. The standard InChI is InChI=1S/C29H29ClN2O3/c1-3-34-26-14-11-19(17-27(26)35-4-2)29-28-24(31-22-7-5-6-8-23(22)32-29)15-20(16-25(28)33)18-9-12-21(30)13-10-18/h5-14,17,20,29,31-32H,3-4,15-16H2,1-2H3. The zero-order valence-corrected chi connectivity index (χ0v) is 20.7. The highest BCUT2D eigenvalue weighted by Crippen LogP contribution is 2.45. The number of hydrogen-bond donors (Lipinski definition) is 2. The Morgan fingerprint density at radius 2 is 1.54 bits per heavy atom. The van der Waals surface area contributed by atoms with Gasteiger partial charge in [-0.2, -0.15) is 0 Å². The van der Waals surface area contributed by atoms with Crippen molar-refractivity contribution in [3.63, 3.8) is 0 Å². The molecular weight excluding hydrogens is 460 g/mol. The molecule has 1 heterocycles. The Labute approximate surface area is 211 Å². The van der Waals surface area contributed by atoms with Gasteiger partial charge >= 0.3 is 0 Å². The van der Waals surface area contributed by atoms with Gasteiger partial charge in [0.15, 0.2) is 17.3 Å². The van der Waals surface area contributed by atoms with Gasteiger partial charge in [-0.1, -0.05) is 41.9 Å². The quantitative estimate of drug-likeness (QED) is 0.387.